The number of nitrogens with one attached hydrogen (secondary N) is 1. The highest BCUT2D eigenvalue weighted by Crippen LogP contribution is 2.31. The average Bonchev–Trinajstić information content (AvgIpc) is 2.74. The first kappa shape index (κ1) is 19.4. The minimum atomic E-state index is 0.0566. The van der Waals surface area contributed by atoms with Gasteiger partial charge < -0.3 is 10.2 Å². The lowest BCUT2D eigenvalue weighted by Gasteiger charge is -2.35. The van der Waals surface area contributed by atoms with Crippen LogP contribution in [0.2, 0.25) is 0 Å². The number of fused-ring (bicyclic) bond motifs is 1. The zero-order valence-electron chi connectivity index (χ0n) is 17.4. The summed E-state index contributed by atoms with van der Waals surface area (Å²) in [6.45, 7) is 6.99. The van der Waals surface area contributed by atoms with Crippen LogP contribution in [0.1, 0.15) is 54.2 Å². The zero-order valence-corrected chi connectivity index (χ0v) is 17.4. The third-order valence-electron chi connectivity index (χ3n) is 5.78. The van der Waals surface area contributed by atoms with E-state index in [9.17, 15) is 4.79 Å². The fraction of sp³-hybridized carbons (Fsp3) is 0.375. The van der Waals surface area contributed by atoms with Gasteiger partial charge in [-0.2, -0.15) is 0 Å². The van der Waals surface area contributed by atoms with Crippen LogP contribution < -0.4 is 5.32 Å². The van der Waals surface area contributed by atoms with E-state index < -0.39 is 0 Å². The summed E-state index contributed by atoms with van der Waals surface area (Å²) in [6.07, 6.45) is 5.99. The predicted molar refractivity (Wildman–Crippen MR) is 118 cm³/mol. The SMILES string of the molecule is CCC1CCCCN1C(=O)c1cnc2nc(C)ccc2c1Nc1ccc(C)cc1. The van der Waals surface area contributed by atoms with Gasteiger partial charge in [-0.05, 0) is 63.8 Å². The number of aryl methyl sites for hydroxylation is 2. The van der Waals surface area contributed by atoms with Crippen LogP contribution in [0, 0.1) is 13.8 Å². The van der Waals surface area contributed by atoms with Gasteiger partial charge in [0.1, 0.15) is 0 Å². The summed E-state index contributed by atoms with van der Waals surface area (Å²) in [6, 6.07) is 12.5. The number of hydrogen-bond donors (Lipinski definition) is 1. The molecule has 3 heterocycles. The standard InChI is InChI=1S/C24H28N4O/c1-4-19-7-5-6-14-28(19)24(29)21-15-25-23-20(13-10-17(3)26-23)22(21)27-18-11-8-16(2)9-12-18/h8-13,15,19H,4-7,14H2,1-3H3,(H,25,26,27). The van der Waals surface area contributed by atoms with Crippen LogP contribution in [-0.2, 0) is 0 Å². The molecule has 0 radical (unpaired) electrons. The van der Waals surface area contributed by atoms with Crippen molar-refractivity contribution < 1.29 is 4.79 Å². The molecule has 4 rings (SSSR count). The number of carbonyl (C=O) groups is 1. The Balaban J connectivity index is 1.81. The molecule has 5 heteroatoms. The number of piperidine rings is 1. The molecule has 1 atom stereocenters. The van der Waals surface area contributed by atoms with Gasteiger partial charge >= 0.3 is 0 Å². The highest BCUT2D eigenvalue weighted by atomic mass is 16.2. The lowest BCUT2D eigenvalue weighted by atomic mass is 9.98. The van der Waals surface area contributed by atoms with Crippen LogP contribution in [-0.4, -0.2) is 33.4 Å². The second-order valence-electron chi connectivity index (χ2n) is 7.92. The summed E-state index contributed by atoms with van der Waals surface area (Å²) in [5.41, 5.74) is 5.11. The summed E-state index contributed by atoms with van der Waals surface area (Å²) in [7, 11) is 0. The van der Waals surface area contributed by atoms with Crippen molar-refractivity contribution in [2.24, 2.45) is 0 Å². The molecule has 0 bridgehead atoms. The van der Waals surface area contributed by atoms with E-state index in [4.69, 9.17) is 0 Å². The van der Waals surface area contributed by atoms with E-state index in [1.165, 1.54) is 12.0 Å². The molecule has 29 heavy (non-hydrogen) atoms. The number of aromatic nitrogens is 2. The minimum absolute atomic E-state index is 0.0566. The summed E-state index contributed by atoms with van der Waals surface area (Å²) in [5, 5.41) is 4.36. The van der Waals surface area contributed by atoms with Crippen molar-refractivity contribution in [1.82, 2.24) is 14.9 Å². The van der Waals surface area contributed by atoms with Crippen LogP contribution in [0.25, 0.3) is 11.0 Å². The van der Waals surface area contributed by atoms with Crippen molar-refractivity contribution in [3.8, 4) is 0 Å². The Morgan fingerprint density at radius 3 is 2.69 bits per heavy atom. The van der Waals surface area contributed by atoms with E-state index in [0.29, 0.717) is 17.3 Å². The topological polar surface area (TPSA) is 58.1 Å². The lowest BCUT2D eigenvalue weighted by Crippen LogP contribution is -2.43. The number of amides is 1. The third kappa shape index (κ3) is 3.95. The molecule has 2 aromatic heterocycles. The molecule has 1 N–H and O–H groups in total. The van der Waals surface area contributed by atoms with Crippen molar-refractivity contribution in [2.75, 3.05) is 11.9 Å². The van der Waals surface area contributed by atoms with Crippen LogP contribution in [0.5, 0.6) is 0 Å². The number of hydrogen-bond acceptors (Lipinski definition) is 4. The Hall–Kier alpha value is -2.95. The lowest BCUT2D eigenvalue weighted by molar-refractivity contribution is 0.0609. The molecule has 1 amide bonds. The van der Waals surface area contributed by atoms with Gasteiger partial charge in [-0.25, -0.2) is 9.97 Å². The van der Waals surface area contributed by atoms with E-state index in [-0.39, 0.29) is 5.91 Å². The van der Waals surface area contributed by atoms with E-state index in [0.717, 1.165) is 48.3 Å². The molecule has 0 saturated carbocycles. The van der Waals surface area contributed by atoms with Gasteiger partial charge in [0.05, 0.1) is 11.3 Å². The molecule has 5 nitrogen and oxygen atoms in total. The quantitative estimate of drug-likeness (QED) is 0.650. The smallest absolute Gasteiger partial charge is 0.257 e. The molecular weight excluding hydrogens is 360 g/mol. The van der Waals surface area contributed by atoms with Gasteiger partial charge in [0.2, 0.25) is 0 Å². The van der Waals surface area contributed by atoms with Crippen molar-refractivity contribution in [3.05, 3.63) is 59.4 Å². The fourth-order valence-electron chi connectivity index (χ4n) is 4.10. The minimum Gasteiger partial charge on any atom is -0.354 e. The summed E-state index contributed by atoms with van der Waals surface area (Å²) >= 11 is 0. The van der Waals surface area contributed by atoms with Gasteiger partial charge in [0, 0.05) is 35.6 Å². The van der Waals surface area contributed by atoms with Gasteiger partial charge in [-0.1, -0.05) is 24.6 Å². The first-order chi connectivity index (χ1) is 14.1. The molecule has 1 fully saturated rings. The maximum atomic E-state index is 13.6. The van der Waals surface area contributed by atoms with Crippen LogP contribution >= 0.6 is 0 Å². The van der Waals surface area contributed by atoms with Crippen molar-refractivity contribution in [2.45, 2.75) is 52.5 Å². The number of benzene rings is 1. The Morgan fingerprint density at radius 2 is 1.93 bits per heavy atom. The predicted octanol–water partition coefficient (Wildman–Crippen LogP) is 5.39. The number of likely N-dealkylation sites (tertiary alicyclic amines) is 1. The largest absolute Gasteiger partial charge is 0.354 e. The van der Waals surface area contributed by atoms with Gasteiger partial charge in [0.15, 0.2) is 5.65 Å². The fourth-order valence-corrected chi connectivity index (χ4v) is 4.10. The Morgan fingerprint density at radius 1 is 1.14 bits per heavy atom. The molecule has 0 spiro atoms. The average molecular weight is 389 g/mol. The Kier molecular flexibility index (Phi) is 5.47. The Bertz CT molecular complexity index is 1030. The molecule has 1 saturated heterocycles. The second kappa shape index (κ2) is 8.19. The van der Waals surface area contributed by atoms with Crippen molar-refractivity contribution in [1.29, 1.82) is 0 Å². The molecule has 3 aromatic rings. The van der Waals surface area contributed by atoms with Crippen LogP contribution in [0.3, 0.4) is 0 Å². The molecule has 1 aliphatic rings. The van der Waals surface area contributed by atoms with Gasteiger partial charge in [0.25, 0.3) is 5.91 Å². The van der Waals surface area contributed by atoms with Crippen molar-refractivity contribution >= 4 is 28.3 Å². The number of nitrogens with zero attached hydrogens (tertiary/aromatic N) is 3. The number of rotatable bonds is 4. The van der Waals surface area contributed by atoms with E-state index >= 15 is 0 Å². The second-order valence-corrected chi connectivity index (χ2v) is 7.92. The monoisotopic (exact) mass is 388 g/mol. The summed E-state index contributed by atoms with van der Waals surface area (Å²) in [5.74, 6) is 0.0566. The summed E-state index contributed by atoms with van der Waals surface area (Å²) in [4.78, 5) is 24.7. The maximum absolute atomic E-state index is 13.6. The van der Waals surface area contributed by atoms with Crippen molar-refractivity contribution in [3.63, 3.8) is 0 Å². The van der Waals surface area contributed by atoms with Crippen LogP contribution in [0.15, 0.2) is 42.6 Å². The molecule has 1 aromatic carbocycles. The number of pyridine rings is 2. The van der Waals surface area contributed by atoms with E-state index in [1.54, 1.807) is 6.20 Å². The zero-order chi connectivity index (χ0) is 20.4. The number of carbonyl (C=O) groups excluding carboxylic acids is 1. The summed E-state index contributed by atoms with van der Waals surface area (Å²) < 4.78 is 0. The van der Waals surface area contributed by atoms with Crippen LogP contribution in [0.4, 0.5) is 11.4 Å². The maximum Gasteiger partial charge on any atom is 0.257 e. The van der Waals surface area contributed by atoms with Gasteiger partial charge in [-0.3, -0.25) is 4.79 Å². The molecular formula is C24H28N4O. The molecule has 1 aliphatic heterocycles. The normalized spacial score (nSPS) is 16.8. The molecule has 1 unspecified atom stereocenters. The first-order valence-corrected chi connectivity index (χ1v) is 10.5. The van der Waals surface area contributed by atoms with E-state index in [2.05, 4.69) is 41.3 Å². The highest BCUT2D eigenvalue weighted by Gasteiger charge is 2.28. The molecule has 0 aliphatic carbocycles. The first-order valence-electron chi connectivity index (χ1n) is 10.5. The Labute approximate surface area is 172 Å². The number of anilines is 2. The van der Waals surface area contributed by atoms with Gasteiger partial charge in [-0.15, -0.1) is 0 Å². The highest BCUT2D eigenvalue weighted by molar-refractivity contribution is 6.07. The van der Waals surface area contributed by atoms with E-state index in [1.807, 2.05) is 36.1 Å². The third-order valence-corrected chi connectivity index (χ3v) is 5.78. The molecule has 150 valence electrons.